The summed E-state index contributed by atoms with van der Waals surface area (Å²) < 4.78 is 0. The fourth-order valence-electron chi connectivity index (χ4n) is 0.825. The zero-order chi connectivity index (χ0) is 14.7. The van der Waals surface area contributed by atoms with E-state index in [1.807, 2.05) is 0 Å². The van der Waals surface area contributed by atoms with Crippen LogP contribution in [-0.4, -0.2) is 57.8 Å². The molecule has 0 aliphatic rings. The molecule has 0 saturated heterocycles. The van der Waals surface area contributed by atoms with Gasteiger partial charge in [-0.3, -0.25) is 7.32 Å². The molecule has 108 valence electrons. The van der Waals surface area contributed by atoms with E-state index in [0.29, 0.717) is 0 Å². The maximum absolute atomic E-state index is 8.61. The first-order valence-electron chi connectivity index (χ1n) is 4.81. The number of aliphatic hydroxyl groups excluding tert-OH is 3. The average Bonchev–Trinajstić information content (AvgIpc) is 2.29. The van der Waals surface area contributed by atoms with Crippen molar-refractivity contribution in [1.29, 1.82) is 0 Å². The first-order valence-corrected chi connectivity index (χ1v) is 4.81. The van der Waals surface area contributed by atoms with Crippen molar-refractivity contribution in [1.82, 2.24) is 15.0 Å². The van der Waals surface area contributed by atoms with Crippen LogP contribution >= 0.6 is 0 Å². The van der Waals surface area contributed by atoms with Crippen molar-refractivity contribution in [3.63, 3.8) is 0 Å². The number of hydrogen-bond donors (Lipinski definition) is 6. The van der Waals surface area contributed by atoms with Gasteiger partial charge in [-0.1, -0.05) is 0 Å². The Morgan fingerprint density at radius 2 is 0.864 bits per heavy atom. The summed E-state index contributed by atoms with van der Waals surface area (Å²) in [6.07, 6.45) is 0. The van der Waals surface area contributed by atoms with Crippen LogP contribution < -0.4 is 120 Å². The summed E-state index contributed by atoms with van der Waals surface area (Å²) in [6.45, 7) is -0.997. The van der Waals surface area contributed by atoms with E-state index in [0.717, 1.165) is 0 Å². The Labute approximate surface area is 193 Å². The van der Waals surface area contributed by atoms with Gasteiger partial charge in [0.1, 0.15) is 20.2 Å². The molecule has 0 atom stereocenters. The minimum atomic E-state index is -2.92. The number of rotatable bonds is 6. The maximum atomic E-state index is 8.61. The normalized spacial score (nSPS) is 7.91. The first kappa shape index (κ1) is 31.0. The molecule has 0 bridgehead atoms. The Bertz CT molecular complexity index is 307. The number of nitrogens with one attached hydrogen (secondary N) is 3. The van der Waals surface area contributed by atoms with Crippen molar-refractivity contribution in [2.75, 3.05) is 36.1 Å². The van der Waals surface area contributed by atoms with Gasteiger partial charge in [-0.25, -0.2) is 0 Å². The van der Waals surface area contributed by atoms with Gasteiger partial charge in [0.05, 0.1) is 0 Å². The van der Waals surface area contributed by atoms with E-state index in [4.69, 9.17) is 30.4 Å². The second-order valence-electron chi connectivity index (χ2n) is 2.60. The van der Waals surface area contributed by atoms with Crippen LogP contribution in [0.5, 0.6) is 0 Å². The standard InChI is InChI=1S/C6H12N6O3.BO3.3Na/c13-1-7-4-10-5(8-2-14)12-6(11-4)9-3-15;2-1(3)4;;;/h13-15H,1-3H2,(H3,7,8,9,10,11,12);;;;/q;-3;3*+1. The molecule has 0 aliphatic carbocycles. The van der Waals surface area contributed by atoms with Crippen molar-refractivity contribution < 1.29 is 119 Å². The Morgan fingerprint density at radius 1 is 0.682 bits per heavy atom. The summed E-state index contributed by atoms with van der Waals surface area (Å²) in [5, 5.41) is 58.4. The molecule has 0 radical (unpaired) electrons. The Balaban J connectivity index is -0.000000208. The van der Waals surface area contributed by atoms with Crippen LogP contribution in [0, 0.1) is 0 Å². The van der Waals surface area contributed by atoms with Crippen molar-refractivity contribution in [3.8, 4) is 0 Å². The Kier molecular flexibility index (Phi) is 28.6. The molecule has 1 rings (SSSR count). The van der Waals surface area contributed by atoms with Crippen molar-refractivity contribution >= 4 is 25.2 Å². The number of hydrogen-bond acceptors (Lipinski definition) is 12. The van der Waals surface area contributed by atoms with Crippen molar-refractivity contribution in [3.05, 3.63) is 0 Å². The molecular weight excluding hydrogens is 332 g/mol. The van der Waals surface area contributed by atoms with Crippen molar-refractivity contribution in [2.24, 2.45) is 0 Å². The smallest absolute Gasteiger partial charge is 0.907 e. The Hall–Kier alpha value is 1.23. The predicted molar refractivity (Wildman–Crippen MR) is 57.7 cm³/mol. The number of anilines is 3. The molecule has 0 spiro atoms. The van der Waals surface area contributed by atoms with Gasteiger partial charge in [-0.05, 0) is 0 Å². The summed E-state index contributed by atoms with van der Waals surface area (Å²) in [5.41, 5.74) is 0. The van der Waals surface area contributed by atoms with E-state index in [1.165, 1.54) is 0 Å². The molecular formula is C6H12BN6Na3O6. The fraction of sp³-hybridized carbons (Fsp3) is 0.500. The van der Waals surface area contributed by atoms with E-state index in [2.05, 4.69) is 30.9 Å². The number of aromatic nitrogens is 3. The van der Waals surface area contributed by atoms with Crippen LogP contribution in [0.1, 0.15) is 0 Å². The number of aliphatic hydroxyl groups is 3. The van der Waals surface area contributed by atoms with Gasteiger partial charge in [-0.15, -0.1) is 0 Å². The molecule has 0 saturated carbocycles. The van der Waals surface area contributed by atoms with Crippen LogP contribution in [0.25, 0.3) is 0 Å². The zero-order valence-corrected chi connectivity index (χ0v) is 18.6. The SMILES string of the molecule is OCNc1nc(NCO)nc(NCO)n1.[Na+].[Na+].[Na+].[O-]B([O-])[O-]. The monoisotopic (exact) mass is 344 g/mol. The second kappa shape index (κ2) is 20.3. The largest absolute Gasteiger partial charge is 1.00 e. The molecule has 12 nitrogen and oxygen atoms in total. The molecule has 0 unspecified atom stereocenters. The Morgan fingerprint density at radius 3 is 1.00 bits per heavy atom. The summed E-state index contributed by atoms with van der Waals surface area (Å²) in [4.78, 5) is 11.4. The van der Waals surface area contributed by atoms with Crippen LogP contribution in [0.15, 0.2) is 0 Å². The van der Waals surface area contributed by atoms with Crippen molar-refractivity contribution in [2.45, 2.75) is 0 Å². The third kappa shape index (κ3) is 17.6. The third-order valence-electron chi connectivity index (χ3n) is 1.35. The van der Waals surface area contributed by atoms with E-state index >= 15 is 0 Å². The topological polar surface area (TPSA) is 205 Å². The van der Waals surface area contributed by atoms with Gasteiger partial charge in [-0.2, -0.15) is 15.0 Å². The minimum absolute atomic E-state index is 0. The molecule has 0 aliphatic heterocycles. The first-order chi connectivity index (χ1) is 9.03. The van der Waals surface area contributed by atoms with E-state index in [-0.39, 0.29) is 127 Å². The molecule has 16 heteroatoms. The quantitative estimate of drug-likeness (QED) is 0.210. The van der Waals surface area contributed by atoms with Gasteiger partial charge in [0.15, 0.2) is 0 Å². The second-order valence-corrected chi connectivity index (χ2v) is 2.60. The summed E-state index contributed by atoms with van der Waals surface area (Å²) in [7, 11) is -2.92. The summed E-state index contributed by atoms with van der Waals surface area (Å²) in [5.74, 6) is 0.373. The van der Waals surface area contributed by atoms with E-state index < -0.39 is 7.32 Å². The number of nitrogens with zero attached hydrogens (tertiary/aromatic N) is 3. The molecule has 1 heterocycles. The molecule has 0 fully saturated rings. The molecule has 0 amide bonds. The van der Waals surface area contributed by atoms with Crippen LogP contribution in [0.3, 0.4) is 0 Å². The van der Waals surface area contributed by atoms with Gasteiger partial charge in [0.2, 0.25) is 17.8 Å². The van der Waals surface area contributed by atoms with Gasteiger partial charge < -0.3 is 46.3 Å². The summed E-state index contributed by atoms with van der Waals surface area (Å²) >= 11 is 0. The molecule has 1 aromatic heterocycles. The average molecular weight is 344 g/mol. The third-order valence-corrected chi connectivity index (χ3v) is 1.35. The van der Waals surface area contributed by atoms with Gasteiger partial charge in [0.25, 0.3) is 0 Å². The maximum Gasteiger partial charge on any atom is 1.00 e. The summed E-state index contributed by atoms with van der Waals surface area (Å²) in [6, 6.07) is 0. The van der Waals surface area contributed by atoms with Crippen LogP contribution in [0.2, 0.25) is 0 Å². The minimum Gasteiger partial charge on any atom is -0.907 e. The van der Waals surface area contributed by atoms with Gasteiger partial charge >= 0.3 is 88.7 Å². The molecule has 22 heavy (non-hydrogen) atoms. The fourth-order valence-corrected chi connectivity index (χ4v) is 0.825. The predicted octanol–water partition coefficient (Wildman–Crippen LogP) is -15.0. The van der Waals surface area contributed by atoms with Gasteiger partial charge in [0, 0.05) is 0 Å². The van der Waals surface area contributed by atoms with Crippen LogP contribution in [-0.2, 0) is 0 Å². The van der Waals surface area contributed by atoms with E-state index in [9.17, 15) is 0 Å². The molecule has 0 aromatic carbocycles. The zero-order valence-electron chi connectivity index (χ0n) is 12.6. The molecule has 1 aromatic rings. The van der Waals surface area contributed by atoms with Crippen LogP contribution in [0.4, 0.5) is 17.8 Å². The molecule has 6 N–H and O–H groups in total. The van der Waals surface area contributed by atoms with E-state index in [1.54, 1.807) is 0 Å².